The van der Waals surface area contributed by atoms with E-state index in [1.165, 1.54) is 0 Å². The first-order valence-corrected chi connectivity index (χ1v) is 11.1. The van der Waals surface area contributed by atoms with Gasteiger partial charge >= 0.3 is 6.09 Å². The lowest BCUT2D eigenvalue weighted by molar-refractivity contribution is -0.132. The first-order chi connectivity index (χ1) is 14.9. The SMILES string of the molecule is Cc1cc2cnc(NC(=O)[C@H]3CCC[C@](OC(N)=O)(C(C)(C)C)C3)nc2c(NC(C)C)n1. The predicted molar refractivity (Wildman–Crippen MR) is 124 cm³/mol. The van der Waals surface area contributed by atoms with Crippen LogP contribution in [0, 0.1) is 18.3 Å². The van der Waals surface area contributed by atoms with Crippen LogP contribution >= 0.6 is 0 Å². The number of fused-ring (bicyclic) bond motifs is 1. The maximum atomic E-state index is 13.1. The van der Waals surface area contributed by atoms with Crippen molar-refractivity contribution >= 4 is 34.7 Å². The molecule has 1 aliphatic carbocycles. The highest BCUT2D eigenvalue weighted by atomic mass is 16.6. The number of amides is 2. The van der Waals surface area contributed by atoms with Crippen molar-refractivity contribution in [1.82, 2.24) is 15.0 Å². The van der Waals surface area contributed by atoms with Crippen molar-refractivity contribution in [2.45, 2.75) is 78.9 Å². The topological polar surface area (TPSA) is 132 Å². The normalized spacial score (nSPS) is 21.4. The van der Waals surface area contributed by atoms with Crippen LogP contribution in [-0.4, -0.2) is 38.6 Å². The molecule has 0 aromatic carbocycles. The summed E-state index contributed by atoms with van der Waals surface area (Å²) in [5.74, 6) is 0.352. The molecule has 0 aliphatic heterocycles. The van der Waals surface area contributed by atoms with Crippen molar-refractivity contribution in [3.63, 3.8) is 0 Å². The minimum absolute atomic E-state index is 0.179. The maximum absolute atomic E-state index is 13.1. The van der Waals surface area contributed by atoms with Gasteiger partial charge in [0, 0.05) is 34.7 Å². The van der Waals surface area contributed by atoms with Crippen LogP contribution in [0.25, 0.3) is 10.9 Å². The van der Waals surface area contributed by atoms with Gasteiger partial charge in [0.25, 0.3) is 0 Å². The zero-order chi connectivity index (χ0) is 23.7. The number of ether oxygens (including phenoxy) is 1. The lowest BCUT2D eigenvalue weighted by Crippen LogP contribution is -2.52. The summed E-state index contributed by atoms with van der Waals surface area (Å²) in [6.45, 7) is 12.0. The van der Waals surface area contributed by atoms with Gasteiger partial charge in [-0.3, -0.25) is 10.1 Å². The van der Waals surface area contributed by atoms with Crippen LogP contribution in [0.1, 0.15) is 66.0 Å². The minimum Gasteiger partial charge on any atom is -0.443 e. The molecular formula is C23H34N6O3. The van der Waals surface area contributed by atoms with Gasteiger partial charge in [0.1, 0.15) is 11.1 Å². The molecule has 32 heavy (non-hydrogen) atoms. The van der Waals surface area contributed by atoms with Gasteiger partial charge in [0.05, 0.1) is 0 Å². The Kier molecular flexibility index (Phi) is 6.57. The zero-order valence-corrected chi connectivity index (χ0v) is 19.8. The fourth-order valence-electron chi connectivity index (χ4n) is 4.40. The Morgan fingerprint density at radius 3 is 2.62 bits per heavy atom. The van der Waals surface area contributed by atoms with Gasteiger partial charge in [0.15, 0.2) is 5.82 Å². The Hall–Kier alpha value is -2.97. The molecule has 4 N–H and O–H groups in total. The summed E-state index contributed by atoms with van der Waals surface area (Å²) >= 11 is 0. The summed E-state index contributed by atoms with van der Waals surface area (Å²) in [6.07, 6.45) is 3.40. The molecule has 2 heterocycles. The number of nitrogens with zero attached hydrogens (tertiary/aromatic N) is 3. The Morgan fingerprint density at radius 1 is 1.28 bits per heavy atom. The third kappa shape index (κ3) is 5.08. The predicted octanol–water partition coefficient (Wildman–Crippen LogP) is 4.16. The number of nitrogens with one attached hydrogen (secondary N) is 2. The largest absolute Gasteiger partial charge is 0.443 e. The number of nitrogens with two attached hydrogens (primary N) is 1. The molecule has 174 valence electrons. The second-order valence-corrected chi connectivity index (χ2v) is 9.99. The number of anilines is 2. The maximum Gasteiger partial charge on any atom is 0.405 e. The van der Waals surface area contributed by atoms with Crippen molar-refractivity contribution < 1.29 is 14.3 Å². The first kappa shape index (κ1) is 23.7. The van der Waals surface area contributed by atoms with Gasteiger partial charge in [-0.15, -0.1) is 0 Å². The van der Waals surface area contributed by atoms with E-state index >= 15 is 0 Å². The third-order valence-corrected chi connectivity index (χ3v) is 6.10. The summed E-state index contributed by atoms with van der Waals surface area (Å²) in [5.41, 5.74) is 5.73. The van der Waals surface area contributed by atoms with E-state index in [2.05, 4.69) is 25.6 Å². The van der Waals surface area contributed by atoms with Crippen LogP contribution in [-0.2, 0) is 9.53 Å². The molecular weight excluding hydrogens is 408 g/mol. The number of carbonyl (C=O) groups is 2. The van der Waals surface area contributed by atoms with E-state index in [9.17, 15) is 9.59 Å². The van der Waals surface area contributed by atoms with Crippen LogP contribution < -0.4 is 16.4 Å². The summed E-state index contributed by atoms with van der Waals surface area (Å²) in [7, 11) is 0. The second kappa shape index (κ2) is 8.88. The van der Waals surface area contributed by atoms with Crippen molar-refractivity contribution in [3.8, 4) is 0 Å². The van der Waals surface area contributed by atoms with Gasteiger partial charge in [0.2, 0.25) is 11.9 Å². The van der Waals surface area contributed by atoms with Crippen molar-refractivity contribution in [2.75, 3.05) is 10.6 Å². The van der Waals surface area contributed by atoms with Crippen LogP contribution in [0.5, 0.6) is 0 Å². The summed E-state index contributed by atoms with van der Waals surface area (Å²) < 4.78 is 5.61. The van der Waals surface area contributed by atoms with E-state index in [-0.39, 0.29) is 29.2 Å². The quantitative estimate of drug-likeness (QED) is 0.633. The first-order valence-electron chi connectivity index (χ1n) is 11.1. The molecule has 2 amide bonds. The molecule has 0 unspecified atom stereocenters. The highest BCUT2D eigenvalue weighted by Crippen LogP contribution is 2.47. The van der Waals surface area contributed by atoms with Crippen molar-refractivity contribution in [2.24, 2.45) is 17.1 Å². The molecule has 0 spiro atoms. The molecule has 1 fully saturated rings. The van der Waals surface area contributed by atoms with E-state index in [0.29, 0.717) is 30.6 Å². The highest BCUT2D eigenvalue weighted by molar-refractivity contribution is 5.93. The number of carbonyl (C=O) groups excluding carboxylic acids is 2. The van der Waals surface area contributed by atoms with Gasteiger partial charge < -0.3 is 15.8 Å². The smallest absolute Gasteiger partial charge is 0.405 e. The molecule has 9 heteroatoms. The van der Waals surface area contributed by atoms with Gasteiger partial charge in [-0.05, 0) is 52.5 Å². The van der Waals surface area contributed by atoms with E-state index in [1.54, 1.807) is 6.20 Å². The Bertz CT molecular complexity index is 1020. The minimum atomic E-state index is -0.813. The molecule has 0 radical (unpaired) electrons. The number of rotatable bonds is 5. The van der Waals surface area contributed by atoms with E-state index < -0.39 is 11.7 Å². The highest BCUT2D eigenvalue weighted by Gasteiger charge is 2.49. The molecule has 1 aliphatic rings. The fraction of sp³-hybridized carbons (Fsp3) is 0.609. The molecule has 3 rings (SSSR count). The van der Waals surface area contributed by atoms with Crippen molar-refractivity contribution in [1.29, 1.82) is 0 Å². The number of primary amides is 1. The van der Waals surface area contributed by atoms with E-state index in [4.69, 9.17) is 10.5 Å². The molecule has 2 atom stereocenters. The van der Waals surface area contributed by atoms with Gasteiger partial charge in [-0.1, -0.05) is 20.8 Å². The lowest BCUT2D eigenvalue weighted by Gasteiger charge is -2.47. The number of hydrogen-bond donors (Lipinski definition) is 3. The molecule has 9 nitrogen and oxygen atoms in total. The van der Waals surface area contributed by atoms with Gasteiger partial charge in [-0.2, -0.15) is 0 Å². The van der Waals surface area contributed by atoms with Crippen LogP contribution in [0.4, 0.5) is 16.6 Å². The van der Waals surface area contributed by atoms with Crippen LogP contribution in [0.3, 0.4) is 0 Å². The van der Waals surface area contributed by atoms with E-state index in [1.807, 2.05) is 47.6 Å². The van der Waals surface area contributed by atoms with Crippen molar-refractivity contribution in [3.05, 3.63) is 18.0 Å². The monoisotopic (exact) mass is 442 g/mol. The Balaban J connectivity index is 1.84. The second-order valence-electron chi connectivity index (χ2n) is 9.99. The number of hydrogen-bond acceptors (Lipinski definition) is 7. The van der Waals surface area contributed by atoms with E-state index in [0.717, 1.165) is 17.5 Å². The number of aryl methyl sites for hydroxylation is 1. The fourth-order valence-corrected chi connectivity index (χ4v) is 4.40. The number of aromatic nitrogens is 3. The Labute approximate surface area is 188 Å². The average molecular weight is 443 g/mol. The van der Waals surface area contributed by atoms with Crippen LogP contribution in [0.2, 0.25) is 0 Å². The summed E-state index contributed by atoms with van der Waals surface area (Å²) in [6, 6.07) is 2.09. The molecule has 0 bridgehead atoms. The molecule has 0 saturated heterocycles. The van der Waals surface area contributed by atoms with Crippen LogP contribution in [0.15, 0.2) is 12.3 Å². The molecule has 2 aromatic heterocycles. The summed E-state index contributed by atoms with van der Waals surface area (Å²) in [5, 5.41) is 7.00. The standard InChI is InChI=1S/C23H34N6O3/c1-13(2)26-18-17-16(10-14(3)27-18)12-25-21(28-17)29-19(30)15-8-7-9-23(11-15,22(4,5)6)32-20(24)31/h10,12-13,15H,7-9,11H2,1-6H3,(H2,24,31)(H,26,27)(H,25,28,29,30)/t15-,23+/m0/s1. The zero-order valence-electron chi connectivity index (χ0n) is 19.8. The lowest BCUT2D eigenvalue weighted by atomic mass is 9.65. The number of pyridine rings is 1. The molecule has 1 saturated carbocycles. The summed E-state index contributed by atoms with van der Waals surface area (Å²) in [4.78, 5) is 38.2. The third-order valence-electron chi connectivity index (χ3n) is 6.10. The van der Waals surface area contributed by atoms with Gasteiger partial charge in [-0.25, -0.2) is 19.7 Å². The Morgan fingerprint density at radius 2 is 2.00 bits per heavy atom. The average Bonchev–Trinajstić information content (AvgIpc) is 2.66. The molecule has 2 aromatic rings.